The molecule has 1 heterocycles. The van der Waals surface area contributed by atoms with Crippen molar-refractivity contribution in [3.8, 4) is 11.5 Å². The molecule has 2 amide bonds. The molecular weight excluding hydrogens is 671 g/mol. The summed E-state index contributed by atoms with van der Waals surface area (Å²) in [6.07, 6.45) is -0.0444. The van der Waals surface area contributed by atoms with Crippen molar-refractivity contribution >= 4 is 69.1 Å². The SMILES string of the molecule is COc1cc(C(=O)N2C[C@H](C)C[C@H]2CO[Si](C)(C)C(C)(C)C)c(NC(=O)OCC(Cl)(Cl)Cl)cc1O[Si](C(C)C)(C(C)C)C(C)C. The molecule has 1 aliphatic heterocycles. The minimum Gasteiger partial charge on any atom is -0.540 e. The largest absolute Gasteiger partial charge is 0.540 e. The van der Waals surface area contributed by atoms with E-state index in [1.54, 1.807) is 19.2 Å². The average Bonchev–Trinajstić information content (AvgIpc) is 3.27. The van der Waals surface area contributed by atoms with E-state index >= 15 is 0 Å². The van der Waals surface area contributed by atoms with Gasteiger partial charge in [-0.05, 0) is 53.2 Å². The Morgan fingerprint density at radius 1 is 1.00 bits per heavy atom. The first-order valence-electron chi connectivity index (χ1n) is 15.8. The van der Waals surface area contributed by atoms with E-state index in [0.29, 0.717) is 24.7 Å². The lowest BCUT2D eigenvalue weighted by atomic mass is 10.1. The van der Waals surface area contributed by atoms with Crippen molar-refractivity contribution in [3.05, 3.63) is 17.7 Å². The summed E-state index contributed by atoms with van der Waals surface area (Å²) in [6, 6.07) is 3.20. The second-order valence-corrected chi connectivity index (χ2v) is 27.5. The summed E-state index contributed by atoms with van der Waals surface area (Å²) in [6.45, 7) is 26.8. The van der Waals surface area contributed by atoms with Crippen molar-refractivity contribution in [2.45, 2.75) is 120 Å². The molecule has 13 heteroatoms. The molecule has 0 saturated carbocycles. The predicted molar refractivity (Wildman–Crippen MR) is 192 cm³/mol. The first kappa shape index (κ1) is 40.0. The van der Waals surface area contributed by atoms with Gasteiger partial charge in [0, 0.05) is 12.6 Å². The van der Waals surface area contributed by atoms with Crippen LogP contribution in [0.1, 0.15) is 86.0 Å². The quantitative estimate of drug-likeness (QED) is 0.171. The molecule has 1 saturated heterocycles. The van der Waals surface area contributed by atoms with Crippen molar-refractivity contribution < 1.29 is 27.9 Å². The summed E-state index contributed by atoms with van der Waals surface area (Å²) in [5.74, 6) is 0.913. The fraction of sp³-hybridized carbons (Fsp3) is 0.750. The molecule has 1 aromatic rings. The smallest absolute Gasteiger partial charge is 0.411 e. The summed E-state index contributed by atoms with van der Waals surface area (Å²) in [7, 11) is -2.93. The van der Waals surface area contributed by atoms with E-state index in [4.69, 9.17) is 53.1 Å². The van der Waals surface area contributed by atoms with Gasteiger partial charge in [0.25, 0.3) is 14.2 Å². The summed E-state index contributed by atoms with van der Waals surface area (Å²) < 4.78 is 22.8. The first-order chi connectivity index (χ1) is 20.5. The molecule has 1 aliphatic rings. The number of rotatable bonds is 12. The van der Waals surface area contributed by atoms with Crippen LogP contribution in [0.15, 0.2) is 12.1 Å². The van der Waals surface area contributed by atoms with Crippen LogP contribution in [0.4, 0.5) is 10.5 Å². The number of methoxy groups -OCH3 is 1. The second kappa shape index (κ2) is 15.4. The number of anilines is 1. The van der Waals surface area contributed by atoms with Gasteiger partial charge < -0.3 is 23.2 Å². The lowest BCUT2D eigenvalue weighted by Gasteiger charge is -2.42. The molecule has 1 N–H and O–H groups in total. The van der Waals surface area contributed by atoms with Gasteiger partial charge in [0.05, 0.1) is 31.0 Å². The van der Waals surface area contributed by atoms with Crippen molar-refractivity contribution in [2.75, 3.05) is 32.2 Å². The number of likely N-dealkylation sites (tertiary alicyclic amines) is 1. The van der Waals surface area contributed by atoms with E-state index in [-0.39, 0.29) is 50.8 Å². The zero-order valence-corrected chi connectivity index (χ0v) is 33.7. The zero-order chi connectivity index (χ0) is 34.7. The van der Waals surface area contributed by atoms with Crippen LogP contribution in [-0.2, 0) is 9.16 Å². The minimum absolute atomic E-state index is 0.0416. The summed E-state index contributed by atoms with van der Waals surface area (Å²) in [5.41, 5.74) is 1.32. The number of nitrogens with one attached hydrogen (secondary N) is 1. The van der Waals surface area contributed by atoms with E-state index in [0.717, 1.165) is 6.42 Å². The molecule has 2 rings (SSSR count). The summed E-state index contributed by atoms with van der Waals surface area (Å²) >= 11 is 17.5. The van der Waals surface area contributed by atoms with Gasteiger partial charge in [0.2, 0.25) is 3.79 Å². The number of ether oxygens (including phenoxy) is 2. The number of hydrogen-bond acceptors (Lipinski definition) is 6. The Labute approximate surface area is 288 Å². The van der Waals surface area contributed by atoms with E-state index < -0.39 is 33.1 Å². The molecule has 0 spiro atoms. The molecule has 0 aliphatic carbocycles. The van der Waals surface area contributed by atoms with Gasteiger partial charge in [0.15, 0.2) is 14.1 Å². The molecule has 8 nitrogen and oxygen atoms in total. The lowest BCUT2D eigenvalue weighted by Crippen LogP contribution is -2.50. The Balaban J connectivity index is 2.62. The Bertz CT molecular complexity index is 1160. The highest BCUT2D eigenvalue weighted by molar-refractivity contribution is 6.78. The first-order valence-corrected chi connectivity index (χ1v) is 22.0. The van der Waals surface area contributed by atoms with Gasteiger partial charge in [-0.3, -0.25) is 10.1 Å². The van der Waals surface area contributed by atoms with E-state index in [1.165, 1.54) is 0 Å². The third-order valence-corrected chi connectivity index (χ3v) is 20.3. The topological polar surface area (TPSA) is 86.3 Å². The Hall–Kier alpha value is -1.18. The molecule has 0 unspecified atom stereocenters. The molecule has 258 valence electrons. The second-order valence-electron chi connectivity index (χ2n) is 14.8. The van der Waals surface area contributed by atoms with Crippen molar-refractivity contribution in [3.63, 3.8) is 0 Å². The number of benzene rings is 1. The fourth-order valence-corrected chi connectivity index (χ4v) is 12.6. The molecule has 0 bridgehead atoms. The maximum absolute atomic E-state index is 14.4. The Kier molecular flexibility index (Phi) is 13.7. The maximum Gasteiger partial charge on any atom is 0.411 e. The number of hydrogen-bond donors (Lipinski definition) is 1. The lowest BCUT2D eigenvalue weighted by molar-refractivity contribution is 0.0682. The highest BCUT2D eigenvalue weighted by Gasteiger charge is 2.48. The van der Waals surface area contributed by atoms with Gasteiger partial charge in [-0.1, -0.05) is 104 Å². The van der Waals surface area contributed by atoms with Crippen molar-refractivity contribution in [1.29, 1.82) is 0 Å². The third-order valence-electron chi connectivity index (χ3n) is 9.46. The van der Waals surface area contributed by atoms with Crippen molar-refractivity contribution in [2.24, 2.45) is 5.92 Å². The summed E-state index contributed by atoms with van der Waals surface area (Å²) in [5, 5.41) is 2.77. The predicted octanol–water partition coefficient (Wildman–Crippen LogP) is 10.0. The van der Waals surface area contributed by atoms with Crippen LogP contribution >= 0.6 is 34.8 Å². The highest BCUT2D eigenvalue weighted by Crippen LogP contribution is 2.46. The van der Waals surface area contributed by atoms with Gasteiger partial charge >= 0.3 is 6.09 Å². The van der Waals surface area contributed by atoms with E-state index in [1.807, 2.05) is 4.90 Å². The number of halogens is 3. The maximum atomic E-state index is 14.4. The van der Waals surface area contributed by atoms with Crippen LogP contribution in [0.5, 0.6) is 11.5 Å². The van der Waals surface area contributed by atoms with E-state index in [2.05, 4.69) is 87.6 Å². The van der Waals surface area contributed by atoms with Crippen LogP contribution in [-0.4, -0.2) is 70.2 Å². The number of amides is 2. The van der Waals surface area contributed by atoms with Crippen LogP contribution < -0.4 is 14.5 Å². The molecule has 2 atom stereocenters. The normalized spacial score (nSPS) is 18.2. The summed E-state index contributed by atoms with van der Waals surface area (Å²) in [4.78, 5) is 29.2. The van der Waals surface area contributed by atoms with Gasteiger partial charge in [0.1, 0.15) is 12.4 Å². The fourth-order valence-electron chi connectivity index (χ4n) is 6.15. The van der Waals surface area contributed by atoms with Crippen LogP contribution in [0.2, 0.25) is 34.8 Å². The number of nitrogens with zero attached hydrogens (tertiary/aromatic N) is 1. The molecular formula is C32H55Cl3N2O6Si2. The molecule has 0 radical (unpaired) electrons. The minimum atomic E-state index is -2.44. The number of alkyl halides is 3. The molecule has 45 heavy (non-hydrogen) atoms. The highest BCUT2D eigenvalue weighted by atomic mass is 35.6. The Morgan fingerprint density at radius 3 is 2.02 bits per heavy atom. The zero-order valence-electron chi connectivity index (χ0n) is 29.4. The molecule has 1 aromatic carbocycles. The Morgan fingerprint density at radius 2 is 1.56 bits per heavy atom. The van der Waals surface area contributed by atoms with Crippen LogP contribution in [0.3, 0.4) is 0 Å². The van der Waals surface area contributed by atoms with E-state index in [9.17, 15) is 9.59 Å². The van der Waals surface area contributed by atoms with Gasteiger partial charge in [-0.15, -0.1) is 0 Å². The standard InChI is InChI=1S/C32H55Cl3N2O6Si2/c1-20(2)45(21(3)4,22(5)6)43-28-16-26(36-30(39)41-19-32(33,34)35)25(15-27(28)40-11)29(38)37-17-23(7)14-24(37)18-42-44(12,13)31(8,9)10/h15-16,20-24H,14,17-19H2,1-13H3,(H,36,39)/t23-,24+/m1/s1. The number of carbonyl (C=O) groups is 2. The van der Waals surface area contributed by atoms with Gasteiger partial charge in [-0.25, -0.2) is 4.79 Å². The van der Waals surface area contributed by atoms with Gasteiger partial charge in [-0.2, -0.15) is 0 Å². The average molecular weight is 726 g/mol. The van der Waals surface area contributed by atoms with Crippen LogP contribution in [0, 0.1) is 5.92 Å². The third kappa shape index (κ3) is 9.92. The number of carbonyl (C=O) groups excluding carboxylic acids is 2. The molecule has 1 fully saturated rings. The van der Waals surface area contributed by atoms with Crippen LogP contribution in [0.25, 0.3) is 0 Å². The molecule has 0 aromatic heterocycles. The monoisotopic (exact) mass is 724 g/mol. The van der Waals surface area contributed by atoms with Crippen molar-refractivity contribution in [1.82, 2.24) is 4.90 Å².